The summed E-state index contributed by atoms with van der Waals surface area (Å²) in [7, 11) is 1.49. The fourth-order valence-electron chi connectivity index (χ4n) is 2.20. The van der Waals surface area contributed by atoms with Crippen molar-refractivity contribution in [2.75, 3.05) is 26.9 Å². The highest BCUT2D eigenvalue weighted by Crippen LogP contribution is 2.37. The lowest BCUT2D eigenvalue weighted by molar-refractivity contribution is -0.145. The monoisotopic (exact) mass is 501 g/mol. The van der Waals surface area contributed by atoms with Crippen LogP contribution in [0.3, 0.4) is 0 Å². The van der Waals surface area contributed by atoms with Gasteiger partial charge in [0.1, 0.15) is 13.2 Å². The number of methoxy groups -OCH3 is 1. The first-order chi connectivity index (χ1) is 12.9. The van der Waals surface area contributed by atoms with Gasteiger partial charge in [0, 0.05) is 0 Å². The molecule has 1 heterocycles. The van der Waals surface area contributed by atoms with Crippen LogP contribution in [0.5, 0.6) is 11.5 Å². The summed E-state index contributed by atoms with van der Waals surface area (Å²) in [5.74, 6) is 2.17. The van der Waals surface area contributed by atoms with Gasteiger partial charge in [-0.15, -0.1) is 6.42 Å². The third-order valence-corrected chi connectivity index (χ3v) is 5.02. The van der Waals surface area contributed by atoms with Gasteiger partial charge in [-0.1, -0.05) is 5.92 Å². The van der Waals surface area contributed by atoms with Crippen LogP contribution in [0.25, 0.3) is 6.08 Å². The summed E-state index contributed by atoms with van der Waals surface area (Å²) >= 11 is 2.83. The normalized spacial score (nSPS) is 15.0. The molecule has 0 unspecified atom stereocenters. The van der Waals surface area contributed by atoms with Gasteiger partial charge in [0.2, 0.25) is 0 Å². The zero-order chi connectivity index (χ0) is 20.0. The van der Waals surface area contributed by atoms with Crippen molar-refractivity contribution in [1.29, 1.82) is 0 Å². The molecule has 0 aliphatic carbocycles. The highest BCUT2D eigenvalue weighted by atomic mass is 127. The molecular weight excluding hydrogens is 485 g/mol. The Morgan fingerprint density at radius 2 is 2.15 bits per heavy atom. The van der Waals surface area contributed by atoms with E-state index in [9.17, 15) is 14.4 Å². The first kappa shape index (κ1) is 21.1. The number of halogens is 1. The van der Waals surface area contributed by atoms with Crippen molar-refractivity contribution < 1.29 is 28.6 Å². The molecule has 9 heteroatoms. The second-order valence-corrected chi connectivity index (χ2v) is 7.26. The van der Waals surface area contributed by atoms with E-state index in [1.165, 1.54) is 7.11 Å². The van der Waals surface area contributed by atoms with Crippen LogP contribution in [0.2, 0.25) is 0 Å². The number of imide groups is 1. The van der Waals surface area contributed by atoms with E-state index < -0.39 is 23.7 Å². The van der Waals surface area contributed by atoms with Crippen LogP contribution >= 0.6 is 34.4 Å². The van der Waals surface area contributed by atoms with Gasteiger partial charge in [-0.05, 0) is 65.0 Å². The Morgan fingerprint density at radius 1 is 1.41 bits per heavy atom. The predicted molar refractivity (Wildman–Crippen MR) is 109 cm³/mol. The molecule has 7 nitrogen and oxygen atoms in total. The van der Waals surface area contributed by atoms with Crippen LogP contribution in [-0.2, 0) is 14.3 Å². The Labute approximate surface area is 174 Å². The molecule has 0 saturated carbocycles. The molecule has 1 aromatic carbocycles. The summed E-state index contributed by atoms with van der Waals surface area (Å²) in [6, 6.07) is 3.45. The van der Waals surface area contributed by atoms with E-state index >= 15 is 0 Å². The lowest BCUT2D eigenvalue weighted by Gasteiger charge is -2.12. The maximum absolute atomic E-state index is 12.4. The number of carbonyl (C=O) groups is 3. The quantitative estimate of drug-likeness (QED) is 0.246. The van der Waals surface area contributed by atoms with Crippen molar-refractivity contribution in [3.05, 3.63) is 26.2 Å². The van der Waals surface area contributed by atoms with Crippen LogP contribution in [0.15, 0.2) is 17.0 Å². The Kier molecular flexibility index (Phi) is 7.55. The number of carbonyl (C=O) groups excluding carboxylic acids is 3. The number of hydrogen-bond donors (Lipinski definition) is 0. The first-order valence-corrected chi connectivity index (χ1v) is 9.65. The van der Waals surface area contributed by atoms with Crippen LogP contribution in [0, 0.1) is 15.9 Å². The topological polar surface area (TPSA) is 82.1 Å². The number of terminal acetylenes is 1. The van der Waals surface area contributed by atoms with Gasteiger partial charge in [0.25, 0.3) is 11.1 Å². The fraction of sp³-hybridized carbons (Fsp3) is 0.278. The van der Waals surface area contributed by atoms with Crippen LogP contribution < -0.4 is 9.47 Å². The van der Waals surface area contributed by atoms with Gasteiger partial charge in [0.05, 0.1) is 22.2 Å². The predicted octanol–water partition coefficient (Wildman–Crippen LogP) is 2.91. The molecular formula is C18H16INO6S. The molecule has 0 aromatic heterocycles. The average Bonchev–Trinajstić information content (AvgIpc) is 2.88. The van der Waals surface area contributed by atoms with Crippen molar-refractivity contribution in [2.24, 2.45) is 0 Å². The zero-order valence-electron chi connectivity index (χ0n) is 14.6. The standard InChI is InChI=1S/C18H16INO6S/c1-4-6-26-16-12(19)7-11(8-13(16)24-3)9-14-17(22)20(18(23)27-14)10-15(21)25-5-2/h1,7-9H,5-6,10H2,2-3H3/b14-9-. The molecule has 1 aliphatic rings. The van der Waals surface area contributed by atoms with Gasteiger partial charge < -0.3 is 14.2 Å². The van der Waals surface area contributed by atoms with Gasteiger partial charge in [-0.25, -0.2) is 0 Å². The molecule has 0 N–H and O–H groups in total. The Hall–Kier alpha value is -2.19. The van der Waals surface area contributed by atoms with Gasteiger partial charge >= 0.3 is 5.97 Å². The smallest absolute Gasteiger partial charge is 0.326 e. The molecule has 1 aliphatic heterocycles. The minimum Gasteiger partial charge on any atom is -0.493 e. The molecule has 0 atom stereocenters. The molecule has 2 rings (SSSR count). The van der Waals surface area contributed by atoms with Crippen LogP contribution in [-0.4, -0.2) is 48.9 Å². The van der Waals surface area contributed by atoms with Crippen molar-refractivity contribution in [3.63, 3.8) is 0 Å². The van der Waals surface area contributed by atoms with Crippen molar-refractivity contribution in [3.8, 4) is 23.8 Å². The molecule has 0 spiro atoms. The van der Waals surface area contributed by atoms with Crippen LogP contribution in [0.4, 0.5) is 4.79 Å². The van der Waals surface area contributed by atoms with E-state index in [0.717, 1.165) is 20.2 Å². The summed E-state index contributed by atoms with van der Waals surface area (Å²) in [4.78, 5) is 37.1. The van der Waals surface area contributed by atoms with Crippen molar-refractivity contribution in [1.82, 2.24) is 4.90 Å². The van der Waals surface area contributed by atoms with Crippen molar-refractivity contribution in [2.45, 2.75) is 6.92 Å². The molecule has 0 bridgehead atoms. The van der Waals surface area contributed by atoms with Crippen LogP contribution in [0.1, 0.15) is 12.5 Å². The lowest BCUT2D eigenvalue weighted by atomic mass is 10.2. The molecule has 1 saturated heterocycles. The summed E-state index contributed by atoms with van der Waals surface area (Å²) < 4.78 is 16.3. The zero-order valence-corrected chi connectivity index (χ0v) is 17.6. The van der Waals surface area contributed by atoms with E-state index in [2.05, 4.69) is 28.5 Å². The van der Waals surface area contributed by atoms with E-state index in [-0.39, 0.29) is 18.1 Å². The SMILES string of the molecule is C#CCOc1c(I)cc(/C=C2\SC(=O)N(CC(=O)OCC)C2=O)cc1OC. The number of ether oxygens (including phenoxy) is 3. The van der Waals surface area contributed by atoms with Gasteiger partial charge in [-0.3, -0.25) is 19.3 Å². The van der Waals surface area contributed by atoms with E-state index in [4.69, 9.17) is 20.6 Å². The molecule has 142 valence electrons. The molecule has 1 aromatic rings. The summed E-state index contributed by atoms with van der Waals surface area (Å²) in [5.41, 5.74) is 0.644. The summed E-state index contributed by atoms with van der Waals surface area (Å²) in [6.45, 7) is 1.52. The average molecular weight is 501 g/mol. The Morgan fingerprint density at radius 3 is 2.78 bits per heavy atom. The second kappa shape index (κ2) is 9.66. The minimum absolute atomic E-state index is 0.0957. The number of rotatable bonds is 7. The highest BCUT2D eigenvalue weighted by molar-refractivity contribution is 14.1. The molecule has 27 heavy (non-hydrogen) atoms. The molecule has 0 radical (unpaired) electrons. The maximum atomic E-state index is 12.4. The van der Waals surface area contributed by atoms with Crippen molar-refractivity contribution >= 4 is 57.5 Å². The second-order valence-electron chi connectivity index (χ2n) is 5.10. The number of esters is 1. The van der Waals surface area contributed by atoms with Gasteiger partial charge in [0.15, 0.2) is 11.5 Å². The molecule has 2 amide bonds. The third-order valence-electron chi connectivity index (χ3n) is 3.32. The van der Waals surface area contributed by atoms with E-state index in [1.807, 2.05) is 0 Å². The maximum Gasteiger partial charge on any atom is 0.326 e. The number of benzene rings is 1. The number of nitrogens with zero attached hydrogens (tertiary/aromatic N) is 1. The van der Waals surface area contributed by atoms with E-state index in [1.54, 1.807) is 25.1 Å². The van der Waals surface area contributed by atoms with E-state index in [0.29, 0.717) is 17.1 Å². The first-order valence-electron chi connectivity index (χ1n) is 7.76. The van der Waals surface area contributed by atoms with Gasteiger partial charge in [-0.2, -0.15) is 0 Å². The summed E-state index contributed by atoms with van der Waals surface area (Å²) in [5, 5.41) is -0.519. The lowest BCUT2D eigenvalue weighted by Crippen LogP contribution is -2.34. The number of amides is 2. The Bertz CT molecular complexity index is 845. The minimum atomic E-state index is -0.632. The number of hydrogen-bond acceptors (Lipinski definition) is 7. The highest BCUT2D eigenvalue weighted by Gasteiger charge is 2.36. The fourth-order valence-corrected chi connectivity index (χ4v) is 3.82. The summed E-state index contributed by atoms with van der Waals surface area (Å²) in [6.07, 6.45) is 6.78. The third kappa shape index (κ3) is 5.17. The number of thioether (sulfide) groups is 1. The largest absolute Gasteiger partial charge is 0.493 e. The Balaban J connectivity index is 2.27. The molecule has 1 fully saturated rings.